The second-order valence-electron chi connectivity index (χ2n) is 4.40. The number of benzene rings is 2. The van der Waals surface area contributed by atoms with Gasteiger partial charge in [0.05, 0.1) is 33.4 Å². The van der Waals surface area contributed by atoms with Crippen LogP contribution < -0.4 is 14.2 Å². The molecule has 0 N–H and O–H groups in total. The molecule has 0 atom stereocenters. The Morgan fingerprint density at radius 3 is 2.05 bits per heavy atom. The zero-order chi connectivity index (χ0) is 15.1. The van der Waals surface area contributed by atoms with Crippen LogP contribution in [0.15, 0.2) is 47.5 Å². The minimum atomic E-state index is 0.610. The molecule has 0 heterocycles. The Balaban J connectivity index is 2.25. The summed E-state index contributed by atoms with van der Waals surface area (Å²) in [6, 6.07) is 13.7. The molecule has 0 aliphatic heterocycles. The van der Waals surface area contributed by atoms with E-state index in [4.69, 9.17) is 14.2 Å². The average molecular weight is 285 g/mol. The Kier molecular flexibility index (Phi) is 5.21. The first kappa shape index (κ1) is 14.9. The molecule has 0 saturated carbocycles. The van der Waals surface area contributed by atoms with Gasteiger partial charge in [-0.3, -0.25) is 4.99 Å². The standard InChI is InChI=1S/C17H19NO3/c1-19-14-9-16(20-2)15(17(10-14)21-3)12-18-11-13-7-5-4-6-8-13/h4-10,12H,11H2,1-3H3. The number of methoxy groups -OCH3 is 3. The predicted octanol–water partition coefficient (Wildman–Crippen LogP) is 3.33. The Bertz CT molecular complexity index is 584. The molecular formula is C17H19NO3. The molecule has 0 radical (unpaired) electrons. The molecule has 21 heavy (non-hydrogen) atoms. The summed E-state index contributed by atoms with van der Waals surface area (Å²) in [6.45, 7) is 0.610. The first-order valence-corrected chi connectivity index (χ1v) is 6.62. The maximum atomic E-state index is 5.38. The third-order valence-electron chi connectivity index (χ3n) is 3.09. The maximum Gasteiger partial charge on any atom is 0.135 e. The van der Waals surface area contributed by atoms with Crippen molar-refractivity contribution < 1.29 is 14.2 Å². The Morgan fingerprint density at radius 2 is 1.52 bits per heavy atom. The van der Waals surface area contributed by atoms with Crippen molar-refractivity contribution in [2.45, 2.75) is 6.54 Å². The van der Waals surface area contributed by atoms with Crippen LogP contribution in [-0.2, 0) is 6.54 Å². The molecule has 2 aromatic carbocycles. The van der Waals surface area contributed by atoms with Crippen molar-refractivity contribution in [2.24, 2.45) is 4.99 Å². The van der Waals surface area contributed by atoms with Gasteiger partial charge in [0.15, 0.2) is 0 Å². The summed E-state index contributed by atoms with van der Waals surface area (Å²) in [6.07, 6.45) is 1.77. The fourth-order valence-corrected chi connectivity index (χ4v) is 1.99. The number of ether oxygens (including phenoxy) is 3. The van der Waals surface area contributed by atoms with Crippen molar-refractivity contribution in [2.75, 3.05) is 21.3 Å². The van der Waals surface area contributed by atoms with Gasteiger partial charge in [-0.15, -0.1) is 0 Å². The van der Waals surface area contributed by atoms with Crippen LogP contribution in [0.4, 0.5) is 0 Å². The van der Waals surface area contributed by atoms with Crippen LogP contribution in [0.1, 0.15) is 11.1 Å². The highest BCUT2D eigenvalue weighted by Crippen LogP contribution is 2.32. The highest BCUT2D eigenvalue weighted by atomic mass is 16.5. The molecule has 4 heteroatoms. The Hall–Kier alpha value is -2.49. The minimum Gasteiger partial charge on any atom is -0.496 e. The van der Waals surface area contributed by atoms with Crippen LogP contribution in [0.5, 0.6) is 17.2 Å². The van der Waals surface area contributed by atoms with E-state index in [1.54, 1.807) is 27.5 Å². The van der Waals surface area contributed by atoms with Crippen LogP contribution >= 0.6 is 0 Å². The van der Waals surface area contributed by atoms with Crippen molar-refractivity contribution >= 4 is 6.21 Å². The maximum absolute atomic E-state index is 5.38. The lowest BCUT2D eigenvalue weighted by atomic mass is 10.1. The molecule has 0 aliphatic rings. The van der Waals surface area contributed by atoms with Crippen molar-refractivity contribution in [3.05, 3.63) is 53.6 Å². The van der Waals surface area contributed by atoms with Crippen LogP contribution in [0.3, 0.4) is 0 Å². The summed E-state index contributed by atoms with van der Waals surface area (Å²) in [4.78, 5) is 4.46. The van der Waals surface area contributed by atoms with E-state index in [0.717, 1.165) is 11.1 Å². The van der Waals surface area contributed by atoms with Crippen molar-refractivity contribution in [1.29, 1.82) is 0 Å². The number of hydrogen-bond acceptors (Lipinski definition) is 4. The van der Waals surface area contributed by atoms with Gasteiger partial charge in [-0.1, -0.05) is 30.3 Å². The second-order valence-corrected chi connectivity index (χ2v) is 4.40. The fourth-order valence-electron chi connectivity index (χ4n) is 1.99. The molecule has 0 aromatic heterocycles. The van der Waals surface area contributed by atoms with E-state index in [1.165, 1.54) is 0 Å². The van der Waals surface area contributed by atoms with Crippen LogP contribution in [0.25, 0.3) is 0 Å². The van der Waals surface area contributed by atoms with Crippen LogP contribution in [0, 0.1) is 0 Å². The lowest BCUT2D eigenvalue weighted by molar-refractivity contribution is 0.374. The molecule has 2 aromatic rings. The molecule has 0 bridgehead atoms. The third-order valence-corrected chi connectivity index (χ3v) is 3.09. The Labute approximate surface area is 125 Å². The Morgan fingerprint density at radius 1 is 0.905 bits per heavy atom. The van der Waals surface area contributed by atoms with Gasteiger partial charge in [-0.2, -0.15) is 0 Å². The zero-order valence-corrected chi connectivity index (χ0v) is 12.5. The van der Waals surface area contributed by atoms with Crippen molar-refractivity contribution in [3.8, 4) is 17.2 Å². The molecule has 110 valence electrons. The number of hydrogen-bond donors (Lipinski definition) is 0. The summed E-state index contributed by atoms with van der Waals surface area (Å²) in [7, 11) is 4.84. The molecule has 0 amide bonds. The van der Waals surface area contributed by atoms with E-state index in [9.17, 15) is 0 Å². The van der Waals surface area contributed by atoms with Crippen molar-refractivity contribution in [3.63, 3.8) is 0 Å². The number of aliphatic imine (C=N–C) groups is 1. The van der Waals surface area contributed by atoms with Gasteiger partial charge >= 0.3 is 0 Å². The minimum absolute atomic E-state index is 0.610. The fraction of sp³-hybridized carbons (Fsp3) is 0.235. The third kappa shape index (κ3) is 3.75. The highest BCUT2D eigenvalue weighted by Gasteiger charge is 2.11. The lowest BCUT2D eigenvalue weighted by Crippen LogP contribution is -1.98. The van der Waals surface area contributed by atoms with Crippen LogP contribution in [0.2, 0.25) is 0 Å². The molecule has 2 rings (SSSR count). The summed E-state index contributed by atoms with van der Waals surface area (Å²) in [5, 5.41) is 0. The average Bonchev–Trinajstić information content (AvgIpc) is 2.55. The molecule has 4 nitrogen and oxygen atoms in total. The van der Waals surface area contributed by atoms with Gasteiger partial charge in [-0.05, 0) is 5.56 Å². The monoisotopic (exact) mass is 285 g/mol. The summed E-state index contributed by atoms with van der Waals surface area (Å²) >= 11 is 0. The zero-order valence-electron chi connectivity index (χ0n) is 12.5. The molecular weight excluding hydrogens is 266 g/mol. The van der Waals surface area contributed by atoms with Gasteiger partial charge in [0.2, 0.25) is 0 Å². The van der Waals surface area contributed by atoms with Gasteiger partial charge in [0, 0.05) is 18.3 Å². The van der Waals surface area contributed by atoms with E-state index < -0.39 is 0 Å². The largest absolute Gasteiger partial charge is 0.496 e. The molecule has 0 saturated heterocycles. The highest BCUT2D eigenvalue weighted by molar-refractivity contribution is 5.88. The summed E-state index contributed by atoms with van der Waals surface area (Å²) < 4.78 is 16.0. The van der Waals surface area contributed by atoms with E-state index in [1.807, 2.05) is 42.5 Å². The van der Waals surface area contributed by atoms with Crippen molar-refractivity contribution in [1.82, 2.24) is 0 Å². The summed E-state index contributed by atoms with van der Waals surface area (Å²) in [5.74, 6) is 2.02. The van der Waals surface area contributed by atoms with Crippen LogP contribution in [-0.4, -0.2) is 27.5 Å². The lowest BCUT2D eigenvalue weighted by Gasteiger charge is -2.12. The van der Waals surface area contributed by atoms with Gasteiger partial charge in [0.25, 0.3) is 0 Å². The van der Waals surface area contributed by atoms with E-state index in [0.29, 0.717) is 23.8 Å². The van der Waals surface area contributed by atoms with Gasteiger partial charge in [-0.25, -0.2) is 0 Å². The first-order valence-electron chi connectivity index (χ1n) is 6.62. The van der Waals surface area contributed by atoms with E-state index in [-0.39, 0.29) is 0 Å². The molecule has 0 unspecified atom stereocenters. The second kappa shape index (κ2) is 7.33. The quantitative estimate of drug-likeness (QED) is 0.764. The SMILES string of the molecule is COc1cc(OC)c(C=NCc2ccccc2)c(OC)c1. The normalized spacial score (nSPS) is 10.6. The number of rotatable bonds is 6. The van der Waals surface area contributed by atoms with E-state index >= 15 is 0 Å². The van der Waals surface area contributed by atoms with E-state index in [2.05, 4.69) is 4.99 Å². The predicted molar refractivity (Wildman–Crippen MR) is 83.8 cm³/mol. The molecule has 0 fully saturated rings. The first-order chi connectivity index (χ1) is 10.3. The topological polar surface area (TPSA) is 40.0 Å². The van der Waals surface area contributed by atoms with Gasteiger partial charge < -0.3 is 14.2 Å². The van der Waals surface area contributed by atoms with Gasteiger partial charge in [0.1, 0.15) is 17.2 Å². The number of nitrogens with zero attached hydrogens (tertiary/aromatic N) is 1. The molecule has 0 aliphatic carbocycles. The summed E-state index contributed by atoms with van der Waals surface area (Å²) in [5.41, 5.74) is 1.96. The smallest absolute Gasteiger partial charge is 0.135 e. The molecule has 0 spiro atoms.